The smallest absolute Gasteiger partial charge is 0.121 e. The molecule has 0 saturated carbocycles. The fourth-order valence-electron chi connectivity index (χ4n) is 1.95. The number of nitrogens with zero attached hydrogens (tertiary/aromatic N) is 1. The van der Waals surface area contributed by atoms with Gasteiger partial charge in [-0.25, -0.2) is 0 Å². The highest BCUT2D eigenvalue weighted by molar-refractivity contribution is 5.49. The summed E-state index contributed by atoms with van der Waals surface area (Å²) >= 11 is 0. The molecule has 0 amide bonds. The van der Waals surface area contributed by atoms with E-state index >= 15 is 0 Å². The molecule has 16 heavy (non-hydrogen) atoms. The summed E-state index contributed by atoms with van der Waals surface area (Å²) in [5.74, 6) is 0.958. The molecule has 3 nitrogen and oxygen atoms in total. The van der Waals surface area contributed by atoms with E-state index in [0.717, 1.165) is 18.9 Å². The average molecular weight is 220 g/mol. The van der Waals surface area contributed by atoms with Crippen LogP contribution in [-0.4, -0.2) is 33.3 Å². The molecule has 1 N–H and O–H groups in total. The zero-order chi connectivity index (χ0) is 11.4. The molecule has 1 heterocycles. The Bertz CT molecular complexity index is 332. The Morgan fingerprint density at radius 3 is 3.00 bits per heavy atom. The third-order valence-electron chi connectivity index (χ3n) is 2.95. The van der Waals surface area contributed by atoms with Gasteiger partial charge in [-0.05, 0) is 31.5 Å². The van der Waals surface area contributed by atoms with Crippen LogP contribution in [0.1, 0.15) is 12.8 Å². The van der Waals surface area contributed by atoms with Gasteiger partial charge in [0.05, 0.1) is 0 Å². The molecule has 0 unspecified atom stereocenters. The van der Waals surface area contributed by atoms with Gasteiger partial charge < -0.3 is 15.0 Å². The van der Waals surface area contributed by atoms with Gasteiger partial charge >= 0.3 is 0 Å². The topological polar surface area (TPSA) is 24.5 Å². The summed E-state index contributed by atoms with van der Waals surface area (Å²) in [6.45, 7) is 1.91. The molecule has 0 aromatic heterocycles. The fourth-order valence-corrected chi connectivity index (χ4v) is 1.95. The predicted molar refractivity (Wildman–Crippen MR) is 67.3 cm³/mol. The summed E-state index contributed by atoms with van der Waals surface area (Å²) in [5, 5.41) is 3.43. The monoisotopic (exact) mass is 220 g/mol. The van der Waals surface area contributed by atoms with Crippen LogP contribution in [0.25, 0.3) is 0 Å². The molecular weight excluding hydrogens is 200 g/mol. The lowest BCUT2D eigenvalue weighted by atomic mass is 10.2. The molecule has 88 valence electrons. The van der Waals surface area contributed by atoms with Crippen molar-refractivity contribution in [2.24, 2.45) is 0 Å². The van der Waals surface area contributed by atoms with E-state index in [4.69, 9.17) is 4.74 Å². The maximum Gasteiger partial charge on any atom is 0.121 e. The van der Waals surface area contributed by atoms with Crippen molar-refractivity contribution in [2.45, 2.75) is 18.9 Å². The molecular formula is C13H20N2O. The second-order valence-electron chi connectivity index (χ2n) is 4.50. The van der Waals surface area contributed by atoms with E-state index in [2.05, 4.69) is 22.3 Å². The Labute approximate surface area is 97.4 Å². The van der Waals surface area contributed by atoms with Crippen molar-refractivity contribution >= 4 is 5.69 Å². The maximum absolute atomic E-state index is 5.79. The highest BCUT2D eigenvalue weighted by Gasteiger charge is 2.14. The lowest BCUT2D eigenvalue weighted by Crippen LogP contribution is -2.28. The van der Waals surface area contributed by atoms with Crippen molar-refractivity contribution in [3.05, 3.63) is 24.3 Å². The highest BCUT2D eigenvalue weighted by Crippen LogP contribution is 2.19. The van der Waals surface area contributed by atoms with Gasteiger partial charge in [-0.2, -0.15) is 0 Å². The zero-order valence-corrected chi connectivity index (χ0v) is 10.1. The predicted octanol–water partition coefficient (Wildman–Crippen LogP) is 1.88. The molecule has 0 bridgehead atoms. The maximum atomic E-state index is 5.79. The number of hydrogen-bond donors (Lipinski definition) is 1. The van der Waals surface area contributed by atoms with Crippen LogP contribution in [0.5, 0.6) is 5.75 Å². The van der Waals surface area contributed by atoms with Crippen LogP contribution in [0.4, 0.5) is 5.69 Å². The lowest BCUT2D eigenvalue weighted by molar-refractivity contribution is 0.277. The van der Waals surface area contributed by atoms with E-state index in [0.29, 0.717) is 6.04 Å². The van der Waals surface area contributed by atoms with Crippen molar-refractivity contribution in [1.29, 1.82) is 0 Å². The molecule has 1 fully saturated rings. The van der Waals surface area contributed by atoms with Crippen molar-refractivity contribution in [3.8, 4) is 5.75 Å². The van der Waals surface area contributed by atoms with Crippen LogP contribution in [-0.2, 0) is 0 Å². The standard InChI is InChI=1S/C13H20N2O/c1-15(2)12-6-3-7-13(9-12)16-10-11-5-4-8-14-11/h3,6-7,9,11,14H,4-5,8,10H2,1-2H3/t11-/m1/s1. The summed E-state index contributed by atoms with van der Waals surface area (Å²) in [4.78, 5) is 2.08. The summed E-state index contributed by atoms with van der Waals surface area (Å²) in [6, 6.07) is 8.74. The molecule has 2 rings (SSSR count). The normalized spacial score (nSPS) is 19.8. The fraction of sp³-hybridized carbons (Fsp3) is 0.538. The second kappa shape index (κ2) is 5.21. The van der Waals surface area contributed by atoms with Crippen LogP contribution in [0.3, 0.4) is 0 Å². The Morgan fingerprint density at radius 1 is 1.44 bits per heavy atom. The Morgan fingerprint density at radius 2 is 2.31 bits per heavy atom. The minimum atomic E-state index is 0.531. The Kier molecular flexibility index (Phi) is 3.67. The summed E-state index contributed by atoms with van der Waals surface area (Å²) in [6.07, 6.45) is 2.50. The second-order valence-corrected chi connectivity index (χ2v) is 4.50. The first-order valence-electron chi connectivity index (χ1n) is 5.89. The van der Waals surface area contributed by atoms with E-state index in [1.807, 2.05) is 26.2 Å². The molecule has 1 aliphatic rings. The van der Waals surface area contributed by atoms with Gasteiger partial charge in [-0.3, -0.25) is 0 Å². The number of ether oxygens (including phenoxy) is 1. The highest BCUT2D eigenvalue weighted by atomic mass is 16.5. The molecule has 1 saturated heterocycles. The molecule has 3 heteroatoms. The minimum Gasteiger partial charge on any atom is -0.492 e. The largest absolute Gasteiger partial charge is 0.492 e. The van der Waals surface area contributed by atoms with E-state index in [1.165, 1.54) is 18.5 Å². The number of hydrogen-bond acceptors (Lipinski definition) is 3. The molecule has 0 spiro atoms. The quantitative estimate of drug-likeness (QED) is 0.838. The first-order chi connectivity index (χ1) is 7.75. The van der Waals surface area contributed by atoms with Crippen LogP contribution in [0.2, 0.25) is 0 Å². The zero-order valence-electron chi connectivity index (χ0n) is 10.1. The Balaban J connectivity index is 1.90. The molecule has 1 aromatic rings. The SMILES string of the molecule is CN(C)c1cccc(OC[C@H]2CCCN2)c1. The molecule has 0 aliphatic carbocycles. The van der Waals surface area contributed by atoms with Crippen LogP contribution in [0.15, 0.2) is 24.3 Å². The number of benzene rings is 1. The number of anilines is 1. The third-order valence-corrected chi connectivity index (χ3v) is 2.95. The molecule has 1 aromatic carbocycles. The molecule has 1 aliphatic heterocycles. The van der Waals surface area contributed by atoms with Gasteiger partial charge in [0.25, 0.3) is 0 Å². The lowest BCUT2D eigenvalue weighted by Gasteiger charge is -2.15. The van der Waals surface area contributed by atoms with Gasteiger partial charge in [0.1, 0.15) is 12.4 Å². The third kappa shape index (κ3) is 2.89. The van der Waals surface area contributed by atoms with Crippen molar-refractivity contribution in [3.63, 3.8) is 0 Å². The summed E-state index contributed by atoms with van der Waals surface area (Å²) in [5.41, 5.74) is 1.18. The van der Waals surface area contributed by atoms with Crippen LogP contribution in [0, 0.1) is 0 Å². The van der Waals surface area contributed by atoms with Gasteiger partial charge in [-0.15, -0.1) is 0 Å². The van der Waals surface area contributed by atoms with Crippen LogP contribution >= 0.6 is 0 Å². The van der Waals surface area contributed by atoms with Crippen molar-refractivity contribution in [2.75, 3.05) is 32.1 Å². The van der Waals surface area contributed by atoms with Gasteiger partial charge in [0.2, 0.25) is 0 Å². The summed E-state index contributed by atoms with van der Waals surface area (Å²) in [7, 11) is 4.08. The summed E-state index contributed by atoms with van der Waals surface area (Å²) < 4.78 is 5.79. The first-order valence-corrected chi connectivity index (χ1v) is 5.89. The van der Waals surface area contributed by atoms with Crippen molar-refractivity contribution in [1.82, 2.24) is 5.32 Å². The van der Waals surface area contributed by atoms with Gasteiger partial charge in [-0.1, -0.05) is 6.07 Å². The molecule has 0 radical (unpaired) electrons. The Hall–Kier alpha value is -1.22. The molecule has 1 atom stereocenters. The average Bonchev–Trinajstić information content (AvgIpc) is 2.79. The minimum absolute atomic E-state index is 0.531. The van der Waals surface area contributed by atoms with E-state index in [1.54, 1.807) is 0 Å². The van der Waals surface area contributed by atoms with Crippen molar-refractivity contribution < 1.29 is 4.74 Å². The van der Waals surface area contributed by atoms with E-state index in [-0.39, 0.29) is 0 Å². The van der Waals surface area contributed by atoms with E-state index < -0.39 is 0 Å². The first kappa shape index (κ1) is 11.3. The van der Waals surface area contributed by atoms with Gasteiger partial charge in [0.15, 0.2) is 0 Å². The van der Waals surface area contributed by atoms with Crippen LogP contribution < -0.4 is 15.0 Å². The van der Waals surface area contributed by atoms with E-state index in [9.17, 15) is 0 Å². The van der Waals surface area contributed by atoms with Gasteiger partial charge in [0, 0.05) is 31.9 Å². The number of rotatable bonds is 4. The number of nitrogens with one attached hydrogen (secondary N) is 1.